The molecule has 3 aromatic rings. The highest BCUT2D eigenvalue weighted by Crippen LogP contribution is 2.38. The van der Waals surface area contributed by atoms with E-state index in [4.69, 9.17) is 14.5 Å². The van der Waals surface area contributed by atoms with Gasteiger partial charge >= 0.3 is 6.18 Å². The van der Waals surface area contributed by atoms with E-state index in [1.54, 1.807) is 38.4 Å². The quantitative estimate of drug-likeness (QED) is 0.573. The van der Waals surface area contributed by atoms with Gasteiger partial charge in [-0.25, -0.2) is 0 Å². The zero-order valence-corrected chi connectivity index (χ0v) is 17.6. The maximum Gasteiger partial charge on any atom is 0.417 e. The first-order valence-electron chi connectivity index (χ1n) is 9.88. The molecular formula is C22H18F3N5O3. The van der Waals surface area contributed by atoms with Crippen LogP contribution in [0.25, 0.3) is 11.4 Å². The lowest BCUT2D eigenvalue weighted by Crippen LogP contribution is -2.36. The average molecular weight is 457 g/mol. The van der Waals surface area contributed by atoms with Crippen molar-refractivity contribution in [2.45, 2.75) is 32.7 Å². The van der Waals surface area contributed by atoms with Crippen LogP contribution in [0.3, 0.4) is 0 Å². The van der Waals surface area contributed by atoms with Gasteiger partial charge in [0.15, 0.2) is 6.10 Å². The molecule has 0 radical (unpaired) electrons. The fourth-order valence-corrected chi connectivity index (χ4v) is 3.66. The molecule has 11 heteroatoms. The molecule has 1 aliphatic heterocycles. The van der Waals surface area contributed by atoms with E-state index in [0.717, 1.165) is 12.1 Å². The summed E-state index contributed by atoms with van der Waals surface area (Å²) in [7, 11) is 0. The lowest BCUT2D eigenvalue weighted by molar-refractivity contribution is -0.138. The van der Waals surface area contributed by atoms with E-state index in [0.29, 0.717) is 11.4 Å². The van der Waals surface area contributed by atoms with E-state index >= 15 is 0 Å². The van der Waals surface area contributed by atoms with Crippen LogP contribution in [0.4, 0.5) is 13.2 Å². The summed E-state index contributed by atoms with van der Waals surface area (Å²) in [5, 5.41) is 12.9. The Morgan fingerprint density at radius 3 is 2.67 bits per heavy atom. The van der Waals surface area contributed by atoms with Gasteiger partial charge in [-0.15, -0.1) is 0 Å². The molecule has 1 aromatic carbocycles. The first-order valence-corrected chi connectivity index (χ1v) is 9.88. The highest BCUT2D eigenvalue weighted by molar-refractivity contribution is 5.84. The van der Waals surface area contributed by atoms with Gasteiger partial charge < -0.3 is 14.2 Å². The number of ether oxygens (including phenoxy) is 1. The highest BCUT2D eigenvalue weighted by Gasteiger charge is 2.48. The number of likely N-dealkylation sites (tertiary alicyclic amines) is 1. The summed E-state index contributed by atoms with van der Waals surface area (Å²) in [6.07, 6.45) is -2.58. The van der Waals surface area contributed by atoms with Crippen molar-refractivity contribution in [3.63, 3.8) is 0 Å². The van der Waals surface area contributed by atoms with Crippen molar-refractivity contribution in [1.29, 1.82) is 5.26 Å². The monoisotopic (exact) mass is 457 g/mol. The van der Waals surface area contributed by atoms with Gasteiger partial charge in [0.2, 0.25) is 11.7 Å². The van der Waals surface area contributed by atoms with Gasteiger partial charge in [0.05, 0.1) is 17.2 Å². The van der Waals surface area contributed by atoms with Crippen molar-refractivity contribution >= 4 is 5.91 Å². The van der Waals surface area contributed by atoms with Crippen LogP contribution in [-0.2, 0) is 17.5 Å². The SMILES string of the molecule is CC1(C)CN(Cc2nc(-c3ccncc3)no2)C(=O)C1Oc1ccc(C#N)c(C(F)(F)F)c1. The Morgan fingerprint density at radius 1 is 1.27 bits per heavy atom. The molecule has 1 saturated heterocycles. The lowest BCUT2D eigenvalue weighted by Gasteiger charge is -2.24. The smallest absolute Gasteiger partial charge is 0.417 e. The van der Waals surface area contributed by atoms with E-state index in [-0.39, 0.29) is 24.7 Å². The third-order valence-electron chi connectivity index (χ3n) is 5.25. The molecule has 2 aromatic heterocycles. The largest absolute Gasteiger partial charge is 0.480 e. The number of benzene rings is 1. The molecule has 0 saturated carbocycles. The number of carbonyl (C=O) groups excluding carboxylic acids is 1. The van der Waals surface area contributed by atoms with Gasteiger partial charge in [-0.1, -0.05) is 19.0 Å². The number of nitrogens with zero attached hydrogens (tertiary/aromatic N) is 5. The summed E-state index contributed by atoms with van der Waals surface area (Å²) in [6.45, 7) is 3.85. The minimum absolute atomic E-state index is 0.0291. The number of hydrogen-bond donors (Lipinski definition) is 0. The van der Waals surface area contributed by atoms with Crippen LogP contribution in [0.5, 0.6) is 5.75 Å². The Bertz CT molecular complexity index is 1220. The second-order valence-corrected chi connectivity index (χ2v) is 8.25. The van der Waals surface area contributed by atoms with E-state index in [1.807, 2.05) is 0 Å². The highest BCUT2D eigenvalue weighted by atomic mass is 19.4. The molecule has 8 nitrogen and oxygen atoms in total. The van der Waals surface area contributed by atoms with Gasteiger partial charge in [-0.2, -0.15) is 23.4 Å². The lowest BCUT2D eigenvalue weighted by atomic mass is 9.89. The van der Waals surface area contributed by atoms with Gasteiger partial charge in [0.1, 0.15) is 12.3 Å². The third-order valence-corrected chi connectivity index (χ3v) is 5.25. The summed E-state index contributed by atoms with van der Waals surface area (Å²) >= 11 is 0. The molecule has 170 valence electrons. The number of rotatable bonds is 5. The van der Waals surface area contributed by atoms with E-state index < -0.39 is 34.7 Å². The first kappa shape index (κ1) is 22.3. The Labute approximate surface area is 186 Å². The summed E-state index contributed by atoms with van der Waals surface area (Å²) in [4.78, 5) is 22.7. The number of nitriles is 1. The number of hydrogen-bond acceptors (Lipinski definition) is 7. The van der Waals surface area contributed by atoms with Gasteiger partial charge in [0.25, 0.3) is 5.91 Å². The molecule has 1 fully saturated rings. The number of pyridine rings is 1. The molecule has 0 spiro atoms. The maximum absolute atomic E-state index is 13.3. The van der Waals surface area contributed by atoms with Crippen LogP contribution in [0.15, 0.2) is 47.2 Å². The Balaban J connectivity index is 1.52. The van der Waals surface area contributed by atoms with Crippen molar-refractivity contribution in [3.05, 3.63) is 59.7 Å². The Kier molecular flexibility index (Phi) is 5.53. The topological polar surface area (TPSA) is 105 Å². The number of carbonyl (C=O) groups is 1. The maximum atomic E-state index is 13.3. The average Bonchev–Trinajstić information content (AvgIpc) is 3.32. The van der Waals surface area contributed by atoms with Crippen molar-refractivity contribution in [3.8, 4) is 23.2 Å². The Morgan fingerprint density at radius 2 is 2.00 bits per heavy atom. The van der Waals surface area contributed by atoms with Crippen LogP contribution >= 0.6 is 0 Å². The first-order chi connectivity index (χ1) is 15.6. The Hall–Kier alpha value is -3.94. The van der Waals surface area contributed by atoms with Crippen molar-refractivity contribution < 1.29 is 27.2 Å². The number of halogens is 3. The zero-order chi connectivity index (χ0) is 23.8. The second-order valence-electron chi connectivity index (χ2n) is 8.25. The summed E-state index contributed by atoms with van der Waals surface area (Å²) in [5.41, 5.74) is -1.64. The number of alkyl halides is 3. The molecule has 3 heterocycles. The zero-order valence-electron chi connectivity index (χ0n) is 17.6. The number of aromatic nitrogens is 3. The minimum atomic E-state index is -4.73. The minimum Gasteiger partial charge on any atom is -0.480 e. The third kappa shape index (κ3) is 4.50. The van der Waals surface area contributed by atoms with Crippen LogP contribution in [-0.4, -0.2) is 38.6 Å². The second kappa shape index (κ2) is 8.20. The van der Waals surface area contributed by atoms with Crippen molar-refractivity contribution in [2.24, 2.45) is 5.41 Å². The van der Waals surface area contributed by atoms with Crippen LogP contribution in [0.1, 0.15) is 30.9 Å². The standard InChI is InChI=1S/C22H18F3N5O3/c1-21(2)12-30(11-17-28-19(29-33-17)13-5-7-27-8-6-13)20(31)18(21)32-15-4-3-14(10-26)16(9-15)22(23,24)25/h3-9,18H,11-12H2,1-2H3. The summed E-state index contributed by atoms with van der Waals surface area (Å²) in [6, 6.07) is 7.97. The molecule has 0 aliphatic carbocycles. The molecule has 1 aliphatic rings. The van der Waals surface area contributed by atoms with E-state index in [1.165, 1.54) is 17.0 Å². The van der Waals surface area contributed by atoms with Crippen molar-refractivity contribution in [1.82, 2.24) is 20.0 Å². The molecule has 1 unspecified atom stereocenters. The van der Waals surface area contributed by atoms with Gasteiger partial charge in [-0.05, 0) is 30.3 Å². The van der Waals surface area contributed by atoms with Gasteiger partial charge in [-0.3, -0.25) is 9.78 Å². The van der Waals surface area contributed by atoms with Crippen LogP contribution in [0.2, 0.25) is 0 Å². The number of amides is 1. The molecule has 0 bridgehead atoms. The fraction of sp³-hybridized carbons (Fsp3) is 0.318. The molecule has 1 amide bonds. The van der Waals surface area contributed by atoms with E-state index in [9.17, 15) is 18.0 Å². The van der Waals surface area contributed by atoms with Crippen molar-refractivity contribution in [2.75, 3.05) is 6.54 Å². The molecule has 0 N–H and O–H groups in total. The normalized spacial score (nSPS) is 17.8. The summed E-state index contributed by atoms with van der Waals surface area (Å²) in [5.74, 6) is 0.00153. The van der Waals surface area contributed by atoms with E-state index in [2.05, 4.69) is 15.1 Å². The fourth-order valence-electron chi connectivity index (χ4n) is 3.66. The molecule has 1 atom stereocenters. The predicted octanol–water partition coefficient (Wildman–Crippen LogP) is 3.84. The van der Waals surface area contributed by atoms with Crippen LogP contribution in [0, 0.1) is 16.7 Å². The molecule has 4 rings (SSSR count). The predicted molar refractivity (Wildman–Crippen MR) is 107 cm³/mol. The molecule has 33 heavy (non-hydrogen) atoms. The summed E-state index contributed by atoms with van der Waals surface area (Å²) < 4.78 is 50.8. The van der Waals surface area contributed by atoms with Gasteiger partial charge in [0, 0.05) is 29.9 Å². The van der Waals surface area contributed by atoms with Crippen LogP contribution < -0.4 is 4.74 Å². The molecular weight excluding hydrogens is 439 g/mol.